The normalized spacial score (nSPS) is 19.1. The van der Waals surface area contributed by atoms with Crippen LogP contribution in [-0.4, -0.2) is 64.4 Å². The van der Waals surface area contributed by atoms with E-state index in [4.69, 9.17) is 0 Å². The Kier molecular flexibility index (Phi) is 2.88. The first-order valence-electron chi connectivity index (χ1n) is 6.49. The van der Waals surface area contributed by atoms with Crippen LogP contribution in [0.2, 0.25) is 0 Å². The molecule has 0 atom stereocenters. The Hall–Kier alpha value is -2.05. The van der Waals surface area contributed by atoms with E-state index in [1.165, 1.54) is 0 Å². The van der Waals surface area contributed by atoms with Crippen molar-refractivity contribution in [1.29, 1.82) is 0 Å². The molecule has 1 saturated heterocycles. The van der Waals surface area contributed by atoms with E-state index in [0.29, 0.717) is 18.8 Å². The molecule has 0 aliphatic carbocycles. The number of anilines is 1. The molecule has 0 radical (unpaired) electrons. The first kappa shape index (κ1) is 12.0. The van der Waals surface area contributed by atoms with E-state index in [2.05, 4.69) is 10.3 Å². The van der Waals surface area contributed by atoms with Crippen LogP contribution in [0.3, 0.4) is 0 Å². The summed E-state index contributed by atoms with van der Waals surface area (Å²) in [4.78, 5) is 31.5. The zero-order valence-corrected chi connectivity index (χ0v) is 10.9. The molecule has 3 heterocycles. The summed E-state index contributed by atoms with van der Waals surface area (Å²) in [5, 5.41) is 3.16. The SMILES string of the molecule is CN1CCN(C(=O)c2cn3c(n2)NCCC3)CC1=O. The molecule has 102 valence electrons. The van der Waals surface area contributed by atoms with Crippen LogP contribution in [0.15, 0.2) is 6.20 Å². The lowest BCUT2D eigenvalue weighted by molar-refractivity contribution is -0.133. The Balaban J connectivity index is 1.76. The molecule has 1 fully saturated rings. The zero-order chi connectivity index (χ0) is 13.4. The molecule has 7 nitrogen and oxygen atoms in total. The van der Waals surface area contributed by atoms with Crippen molar-refractivity contribution in [2.75, 3.05) is 38.5 Å². The Labute approximate surface area is 111 Å². The number of hydrogen-bond donors (Lipinski definition) is 1. The highest BCUT2D eigenvalue weighted by molar-refractivity contribution is 5.95. The summed E-state index contributed by atoms with van der Waals surface area (Å²) in [6, 6.07) is 0. The minimum atomic E-state index is -0.162. The van der Waals surface area contributed by atoms with Gasteiger partial charge < -0.3 is 19.7 Å². The van der Waals surface area contributed by atoms with Crippen LogP contribution in [-0.2, 0) is 11.3 Å². The number of rotatable bonds is 1. The molecule has 2 aliphatic heterocycles. The van der Waals surface area contributed by atoms with Gasteiger partial charge in [0, 0.05) is 39.4 Å². The van der Waals surface area contributed by atoms with E-state index in [0.717, 1.165) is 25.5 Å². The molecule has 1 N–H and O–H groups in total. The van der Waals surface area contributed by atoms with Crippen molar-refractivity contribution in [2.24, 2.45) is 0 Å². The lowest BCUT2D eigenvalue weighted by Crippen LogP contribution is -2.50. The van der Waals surface area contributed by atoms with Gasteiger partial charge in [-0.25, -0.2) is 4.98 Å². The van der Waals surface area contributed by atoms with E-state index < -0.39 is 0 Å². The fourth-order valence-corrected chi connectivity index (χ4v) is 2.37. The predicted molar refractivity (Wildman–Crippen MR) is 68.9 cm³/mol. The molecule has 0 unspecified atom stereocenters. The van der Waals surface area contributed by atoms with Gasteiger partial charge in [-0.2, -0.15) is 0 Å². The van der Waals surface area contributed by atoms with Gasteiger partial charge >= 0.3 is 0 Å². The fourth-order valence-electron chi connectivity index (χ4n) is 2.37. The Morgan fingerprint density at radius 3 is 2.95 bits per heavy atom. The fraction of sp³-hybridized carbons (Fsp3) is 0.583. The van der Waals surface area contributed by atoms with Crippen LogP contribution in [0.25, 0.3) is 0 Å². The number of nitrogens with one attached hydrogen (secondary N) is 1. The van der Waals surface area contributed by atoms with Crippen molar-refractivity contribution >= 4 is 17.8 Å². The van der Waals surface area contributed by atoms with Crippen LogP contribution in [0, 0.1) is 0 Å². The van der Waals surface area contributed by atoms with E-state index in [9.17, 15) is 9.59 Å². The molecule has 0 spiro atoms. The molecule has 19 heavy (non-hydrogen) atoms. The lowest BCUT2D eigenvalue weighted by Gasteiger charge is -2.31. The second kappa shape index (κ2) is 4.56. The highest BCUT2D eigenvalue weighted by Crippen LogP contribution is 2.16. The maximum absolute atomic E-state index is 12.3. The number of amides is 2. The number of hydrogen-bond acceptors (Lipinski definition) is 4. The summed E-state index contributed by atoms with van der Waals surface area (Å²) in [7, 11) is 1.75. The molecular formula is C12H17N5O2. The number of fused-ring (bicyclic) bond motifs is 1. The smallest absolute Gasteiger partial charge is 0.274 e. The number of piperazine rings is 1. The topological polar surface area (TPSA) is 70.5 Å². The third-order valence-corrected chi connectivity index (χ3v) is 3.60. The van der Waals surface area contributed by atoms with Gasteiger partial charge in [-0.1, -0.05) is 0 Å². The average Bonchev–Trinajstić information content (AvgIpc) is 2.85. The molecule has 2 aliphatic rings. The summed E-state index contributed by atoms with van der Waals surface area (Å²) in [5.41, 5.74) is 0.418. The van der Waals surface area contributed by atoms with Gasteiger partial charge in [-0.05, 0) is 6.42 Å². The third kappa shape index (κ3) is 2.16. The Morgan fingerprint density at radius 1 is 1.37 bits per heavy atom. The lowest BCUT2D eigenvalue weighted by atomic mass is 10.3. The number of likely N-dealkylation sites (N-methyl/N-ethyl adjacent to an activating group) is 1. The van der Waals surface area contributed by atoms with Crippen molar-refractivity contribution in [1.82, 2.24) is 19.4 Å². The van der Waals surface area contributed by atoms with E-state index >= 15 is 0 Å². The summed E-state index contributed by atoms with van der Waals surface area (Å²) in [6.07, 6.45) is 2.80. The molecule has 1 aromatic rings. The van der Waals surface area contributed by atoms with E-state index in [-0.39, 0.29) is 18.4 Å². The molecule has 2 amide bonds. The number of imidazole rings is 1. The van der Waals surface area contributed by atoms with Crippen LogP contribution < -0.4 is 5.32 Å². The van der Waals surface area contributed by atoms with Crippen LogP contribution in [0.1, 0.15) is 16.9 Å². The van der Waals surface area contributed by atoms with Gasteiger partial charge in [0.2, 0.25) is 11.9 Å². The van der Waals surface area contributed by atoms with E-state index in [1.807, 2.05) is 4.57 Å². The van der Waals surface area contributed by atoms with Crippen molar-refractivity contribution in [3.63, 3.8) is 0 Å². The standard InChI is InChI=1S/C12H17N5O2/c1-15-5-6-16(8-10(15)18)11(19)9-7-17-4-2-3-13-12(17)14-9/h7H,2-6,8H2,1H3,(H,13,14). The van der Waals surface area contributed by atoms with Crippen LogP contribution in [0.5, 0.6) is 0 Å². The predicted octanol–water partition coefficient (Wildman–Crippen LogP) is -0.387. The molecule has 0 saturated carbocycles. The van der Waals surface area contributed by atoms with Crippen molar-refractivity contribution < 1.29 is 9.59 Å². The van der Waals surface area contributed by atoms with Gasteiger partial charge in [0.25, 0.3) is 5.91 Å². The largest absolute Gasteiger partial charge is 0.356 e. The van der Waals surface area contributed by atoms with Crippen molar-refractivity contribution in [2.45, 2.75) is 13.0 Å². The second-order valence-electron chi connectivity index (χ2n) is 4.97. The summed E-state index contributed by atoms with van der Waals surface area (Å²) < 4.78 is 1.95. The molecular weight excluding hydrogens is 246 g/mol. The van der Waals surface area contributed by atoms with Crippen LogP contribution in [0.4, 0.5) is 5.95 Å². The van der Waals surface area contributed by atoms with Crippen molar-refractivity contribution in [3.05, 3.63) is 11.9 Å². The van der Waals surface area contributed by atoms with Gasteiger partial charge in [-0.15, -0.1) is 0 Å². The van der Waals surface area contributed by atoms with E-state index in [1.54, 1.807) is 23.0 Å². The second-order valence-corrected chi connectivity index (χ2v) is 4.97. The first-order valence-corrected chi connectivity index (χ1v) is 6.49. The highest BCUT2D eigenvalue weighted by Gasteiger charge is 2.27. The maximum atomic E-state index is 12.3. The first-order chi connectivity index (χ1) is 9.15. The van der Waals surface area contributed by atoms with Gasteiger partial charge in [0.15, 0.2) is 0 Å². The number of carbonyl (C=O) groups is 2. The van der Waals surface area contributed by atoms with Crippen molar-refractivity contribution in [3.8, 4) is 0 Å². The minimum Gasteiger partial charge on any atom is -0.356 e. The average molecular weight is 263 g/mol. The number of aromatic nitrogens is 2. The third-order valence-electron chi connectivity index (χ3n) is 3.60. The van der Waals surface area contributed by atoms with Gasteiger partial charge in [0.05, 0.1) is 0 Å². The minimum absolute atomic E-state index is 0.0262. The van der Waals surface area contributed by atoms with Crippen LogP contribution >= 0.6 is 0 Å². The highest BCUT2D eigenvalue weighted by atomic mass is 16.2. The zero-order valence-electron chi connectivity index (χ0n) is 10.9. The maximum Gasteiger partial charge on any atom is 0.274 e. The monoisotopic (exact) mass is 263 g/mol. The quantitative estimate of drug-likeness (QED) is 0.749. The molecule has 0 aromatic carbocycles. The Bertz CT molecular complexity index is 501. The molecule has 7 heteroatoms. The number of nitrogens with zero attached hydrogens (tertiary/aromatic N) is 4. The molecule has 3 rings (SSSR count). The van der Waals surface area contributed by atoms with Gasteiger partial charge in [-0.3, -0.25) is 9.59 Å². The summed E-state index contributed by atoms with van der Waals surface area (Å²) in [5.74, 6) is 0.557. The summed E-state index contributed by atoms with van der Waals surface area (Å²) >= 11 is 0. The molecule has 0 bridgehead atoms. The Morgan fingerprint density at radius 2 is 2.21 bits per heavy atom. The summed E-state index contributed by atoms with van der Waals surface area (Å²) in [6.45, 7) is 3.06. The number of carbonyl (C=O) groups excluding carboxylic acids is 2. The molecule has 1 aromatic heterocycles. The number of aryl methyl sites for hydroxylation is 1. The van der Waals surface area contributed by atoms with Gasteiger partial charge in [0.1, 0.15) is 12.2 Å².